The van der Waals surface area contributed by atoms with E-state index < -0.39 is 11.7 Å². The second-order valence-electron chi connectivity index (χ2n) is 6.18. The fourth-order valence-electron chi connectivity index (χ4n) is 3.59. The maximum Gasteiger partial charge on any atom is 0.418 e. The first-order valence-electron chi connectivity index (χ1n) is 7.32. The van der Waals surface area contributed by atoms with Crippen molar-refractivity contribution in [1.82, 2.24) is 0 Å². The predicted molar refractivity (Wildman–Crippen MR) is 77.7 cm³/mol. The van der Waals surface area contributed by atoms with Gasteiger partial charge in [0.25, 0.3) is 0 Å². The van der Waals surface area contributed by atoms with E-state index in [9.17, 15) is 13.2 Å². The van der Waals surface area contributed by atoms with Gasteiger partial charge < -0.3 is 0 Å². The van der Waals surface area contributed by atoms with Gasteiger partial charge in [0.15, 0.2) is 0 Å². The molecule has 0 heterocycles. The van der Waals surface area contributed by atoms with Crippen LogP contribution < -0.4 is 0 Å². The highest BCUT2D eigenvalue weighted by atomic mass is 19.4. The molecule has 2 aliphatic carbocycles. The van der Waals surface area contributed by atoms with Crippen molar-refractivity contribution in [3.8, 4) is 0 Å². The number of hydrogen-bond acceptors (Lipinski definition) is 1. The van der Waals surface area contributed by atoms with E-state index in [4.69, 9.17) is 0 Å². The van der Waals surface area contributed by atoms with Crippen LogP contribution in [0.2, 0.25) is 0 Å². The Morgan fingerprint density at radius 3 is 2.57 bits per heavy atom. The quantitative estimate of drug-likeness (QED) is 0.602. The number of allylic oxidation sites excluding steroid dienone is 2. The molecule has 1 saturated carbocycles. The minimum atomic E-state index is -4.35. The Hall–Kier alpha value is -1.58. The van der Waals surface area contributed by atoms with Gasteiger partial charge in [-0.05, 0) is 56.6 Å². The molecule has 0 aromatic heterocycles. The molecule has 2 atom stereocenters. The third-order valence-corrected chi connectivity index (χ3v) is 4.28. The zero-order chi connectivity index (χ0) is 15.0. The van der Waals surface area contributed by atoms with Crippen LogP contribution in [0.4, 0.5) is 18.9 Å². The summed E-state index contributed by atoms with van der Waals surface area (Å²) in [4.78, 5) is 4.36. The highest BCUT2D eigenvalue weighted by Gasteiger charge is 2.34. The largest absolute Gasteiger partial charge is 0.418 e. The van der Waals surface area contributed by atoms with E-state index in [0.717, 1.165) is 37.5 Å². The first-order chi connectivity index (χ1) is 9.91. The number of para-hydroxylation sites is 1. The monoisotopic (exact) mass is 293 g/mol. The van der Waals surface area contributed by atoms with Crippen molar-refractivity contribution >= 4 is 11.4 Å². The zero-order valence-electron chi connectivity index (χ0n) is 12.0. The van der Waals surface area contributed by atoms with Crippen molar-refractivity contribution in [3.05, 3.63) is 41.5 Å². The van der Waals surface area contributed by atoms with Crippen LogP contribution in [0.5, 0.6) is 0 Å². The van der Waals surface area contributed by atoms with E-state index in [1.54, 1.807) is 6.07 Å². The number of aliphatic imine (C=N–C) groups is 1. The predicted octanol–water partition coefficient (Wildman–Crippen LogP) is 5.54. The second kappa shape index (κ2) is 5.32. The highest BCUT2D eigenvalue weighted by Crippen LogP contribution is 2.40. The summed E-state index contributed by atoms with van der Waals surface area (Å²) in [6.45, 7) is 2.14. The smallest absolute Gasteiger partial charge is 0.257 e. The number of fused-ring (bicyclic) bond motifs is 2. The summed E-state index contributed by atoms with van der Waals surface area (Å²) >= 11 is 0. The van der Waals surface area contributed by atoms with Crippen LogP contribution in [0.1, 0.15) is 38.2 Å². The average molecular weight is 293 g/mol. The lowest BCUT2D eigenvalue weighted by atomic mass is 9.73. The SMILES string of the molecule is CC1=C[C@H]2CC(=Nc3ccccc3C(F)(F)F)C[C@@H](C1)C2. The number of nitrogens with zero attached hydrogens (tertiary/aromatic N) is 1. The molecular formula is C17H18F3N. The summed E-state index contributed by atoms with van der Waals surface area (Å²) in [5, 5.41) is 0. The van der Waals surface area contributed by atoms with Gasteiger partial charge in [-0.15, -0.1) is 0 Å². The molecule has 1 aromatic carbocycles. The number of halogens is 3. The molecule has 1 aromatic rings. The molecule has 1 fully saturated rings. The number of rotatable bonds is 1. The first-order valence-corrected chi connectivity index (χ1v) is 7.32. The maximum atomic E-state index is 13.0. The van der Waals surface area contributed by atoms with Gasteiger partial charge in [-0.2, -0.15) is 13.2 Å². The molecular weight excluding hydrogens is 275 g/mol. The van der Waals surface area contributed by atoms with Crippen molar-refractivity contribution in [2.45, 2.75) is 38.8 Å². The van der Waals surface area contributed by atoms with Gasteiger partial charge in [-0.3, -0.25) is 4.99 Å². The molecule has 0 aliphatic heterocycles. The van der Waals surface area contributed by atoms with Crippen LogP contribution in [-0.4, -0.2) is 5.71 Å². The standard InChI is InChI=1S/C17H18F3N/c1-11-6-12-8-13(7-11)10-14(9-12)21-16-5-3-2-4-15(16)17(18,19)20/h2-6,12-13H,7-10H2,1H3/t12-,13+/m1/s1. The van der Waals surface area contributed by atoms with E-state index >= 15 is 0 Å². The molecule has 21 heavy (non-hydrogen) atoms. The average Bonchev–Trinajstić information content (AvgIpc) is 2.36. The topological polar surface area (TPSA) is 12.4 Å². The van der Waals surface area contributed by atoms with Gasteiger partial charge in [0.1, 0.15) is 0 Å². The van der Waals surface area contributed by atoms with Gasteiger partial charge in [0.2, 0.25) is 0 Å². The second-order valence-corrected chi connectivity index (χ2v) is 6.18. The molecule has 4 heteroatoms. The molecule has 0 N–H and O–H groups in total. The summed E-state index contributed by atoms with van der Waals surface area (Å²) in [6.07, 6.45) is 1.74. The van der Waals surface area contributed by atoms with Crippen LogP contribution in [0.25, 0.3) is 0 Å². The minimum Gasteiger partial charge on any atom is -0.257 e. The highest BCUT2D eigenvalue weighted by molar-refractivity contribution is 5.88. The van der Waals surface area contributed by atoms with Gasteiger partial charge >= 0.3 is 6.18 Å². The molecule has 0 spiro atoms. The Balaban J connectivity index is 1.90. The molecule has 0 saturated heterocycles. The fourth-order valence-corrected chi connectivity index (χ4v) is 3.59. The summed E-state index contributed by atoms with van der Waals surface area (Å²) in [5.41, 5.74) is 1.74. The van der Waals surface area contributed by atoms with E-state index in [0.29, 0.717) is 11.8 Å². The van der Waals surface area contributed by atoms with Crippen LogP contribution in [-0.2, 0) is 6.18 Å². The fraction of sp³-hybridized carbons (Fsp3) is 0.471. The zero-order valence-corrected chi connectivity index (χ0v) is 12.0. The van der Waals surface area contributed by atoms with Crippen LogP contribution in [0, 0.1) is 11.8 Å². The number of hydrogen-bond donors (Lipinski definition) is 0. The maximum absolute atomic E-state index is 13.0. The van der Waals surface area contributed by atoms with E-state index in [1.165, 1.54) is 17.7 Å². The third-order valence-electron chi connectivity index (χ3n) is 4.28. The molecule has 1 nitrogen and oxygen atoms in total. The third kappa shape index (κ3) is 3.20. The van der Waals surface area contributed by atoms with Crippen LogP contribution in [0.15, 0.2) is 40.9 Å². The molecule has 3 rings (SSSR count). The van der Waals surface area contributed by atoms with Crippen molar-refractivity contribution in [2.24, 2.45) is 16.8 Å². The molecule has 0 radical (unpaired) electrons. The van der Waals surface area contributed by atoms with Crippen molar-refractivity contribution in [1.29, 1.82) is 0 Å². The van der Waals surface area contributed by atoms with Crippen molar-refractivity contribution in [3.63, 3.8) is 0 Å². The molecule has 2 aliphatic rings. The normalized spacial score (nSPS) is 27.6. The van der Waals surface area contributed by atoms with Crippen molar-refractivity contribution in [2.75, 3.05) is 0 Å². The Morgan fingerprint density at radius 1 is 1.10 bits per heavy atom. The molecule has 112 valence electrons. The van der Waals surface area contributed by atoms with E-state index in [1.807, 2.05) is 0 Å². The summed E-state index contributed by atoms with van der Waals surface area (Å²) < 4.78 is 39.0. The lowest BCUT2D eigenvalue weighted by molar-refractivity contribution is -0.137. The Bertz CT molecular complexity index is 598. The first kappa shape index (κ1) is 14.4. The van der Waals surface area contributed by atoms with Gasteiger partial charge in [-0.1, -0.05) is 23.8 Å². The number of benzene rings is 1. The van der Waals surface area contributed by atoms with Crippen molar-refractivity contribution < 1.29 is 13.2 Å². The summed E-state index contributed by atoms with van der Waals surface area (Å²) in [6, 6.07) is 5.59. The Kier molecular flexibility index (Phi) is 3.64. The molecule has 2 bridgehead atoms. The summed E-state index contributed by atoms with van der Waals surface area (Å²) in [7, 11) is 0. The van der Waals surface area contributed by atoms with Gasteiger partial charge in [0, 0.05) is 5.71 Å². The lowest BCUT2D eigenvalue weighted by Crippen LogP contribution is -2.25. The molecule has 0 unspecified atom stereocenters. The van der Waals surface area contributed by atoms with Gasteiger partial charge in [-0.25, -0.2) is 0 Å². The minimum absolute atomic E-state index is 0.0562. The Morgan fingerprint density at radius 2 is 1.86 bits per heavy atom. The van der Waals surface area contributed by atoms with Gasteiger partial charge in [0.05, 0.1) is 11.3 Å². The van der Waals surface area contributed by atoms with E-state index in [-0.39, 0.29) is 5.69 Å². The van der Waals surface area contributed by atoms with Crippen LogP contribution >= 0.6 is 0 Å². The van der Waals surface area contributed by atoms with E-state index in [2.05, 4.69) is 18.0 Å². The Labute approximate surface area is 122 Å². The number of alkyl halides is 3. The van der Waals surface area contributed by atoms with Crippen LogP contribution in [0.3, 0.4) is 0 Å². The lowest BCUT2D eigenvalue weighted by Gasteiger charge is -2.33. The molecule has 0 amide bonds. The summed E-state index contributed by atoms with van der Waals surface area (Å²) in [5.74, 6) is 1.000.